The Balaban J connectivity index is 2.22. The van der Waals surface area contributed by atoms with E-state index in [1.165, 1.54) is 12.7 Å². The molecule has 1 heterocycles. The van der Waals surface area contributed by atoms with E-state index in [-0.39, 0.29) is 17.2 Å². The van der Waals surface area contributed by atoms with Crippen LogP contribution in [0.2, 0.25) is 0 Å². The minimum absolute atomic E-state index is 0.111. The van der Waals surface area contributed by atoms with Crippen LogP contribution in [-0.2, 0) is 18.8 Å². The van der Waals surface area contributed by atoms with Gasteiger partial charge in [-0.2, -0.15) is 26.3 Å². The third kappa shape index (κ3) is 3.00. The van der Waals surface area contributed by atoms with Crippen LogP contribution in [0.3, 0.4) is 0 Å². The van der Waals surface area contributed by atoms with Gasteiger partial charge in [0.15, 0.2) is 0 Å². The Hall–Kier alpha value is -2.18. The molecule has 1 nitrogen and oxygen atoms in total. The summed E-state index contributed by atoms with van der Waals surface area (Å²) in [6, 6.07) is 6.23. The summed E-state index contributed by atoms with van der Waals surface area (Å²) in [5.41, 5.74) is -1.95. The van der Waals surface area contributed by atoms with E-state index in [4.69, 9.17) is 4.74 Å². The number of halogens is 6. The fraction of sp³-hybridized carbons (Fsp3) is 0.188. The number of ether oxygens (including phenoxy) is 1. The van der Waals surface area contributed by atoms with Gasteiger partial charge in [-0.05, 0) is 29.3 Å². The fourth-order valence-electron chi connectivity index (χ4n) is 2.44. The van der Waals surface area contributed by atoms with Crippen LogP contribution in [0.15, 0.2) is 36.4 Å². The molecule has 7 heteroatoms. The molecular weight excluding hydrogens is 322 g/mol. The molecule has 1 radical (unpaired) electrons. The van der Waals surface area contributed by atoms with Gasteiger partial charge in [-0.3, -0.25) is 0 Å². The summed E-state index contributed by atoms with van der Waals surface area (Å²) in [7, 11) is 0. The third-order valence-electron chi connectivity index (χ3n) is 3.50. The predicted molar refractivity (Wildman–Crippen MR) is 70.5 cm³/mol. The second-order valence-electron chi connectivity index (χ2n) is 5.08. The number of para-hydroxylation sites is 1. The van der Waals surface area contributed by atoms with Crippen molar-refractivity contribution in [2.24, 2.45) is 0 Å². The summed E-state index contributed by atoms with van der Waals surface area (Å²) in [6.45, 7) is 1.45. The summed E-state index contributed by atoms with van der Waals surface area (Å²) < 4.78 is 82.8. The van der Waals surface area contributed by atoms with Gasteiger partial charge in [0.2, 0.25) is 0 Å². The molecule has 3 rings (SSSR count). The Morgan fingerprint density at radius 2 is 1.43 bits per heavy atom. The van der Waals surface area contributed by atoms with E-state index >= 15 is 0 Å². The van der Waals surface area contributed by atoms with Gasteiger partial charge in [0.05, 0.1) is 11.1 Å². The molecule has 0 amide bonds. The number of benzene rings is 2. The van der Waals surface area contributed by atoms with Crippen LogP contribution in [0, 0.1) is 6.61 Å². The highest BCUT2D eigenvalue weighted by Crippen LogP contribution is 2.42. The number of rotatable bonds is 1. The number of alkyl halides is 6. The number of hydrogen-bond acceptors (Lipinski definition) is 1. The SMILES string of the molecule is FC(F)(F)c1cc(-c2cccc3c2O[CH]C3)cc(C(F)(F)F)c1. The van der Waals surface area contributed by atoms with E-state index < -0.39 is 23.5 Å². The molecule has 121 valence electrons. The molecule has 23 heavy (non-hydrogen) atoms. The Bertz CT molecular complexity index is 713. The van der Waals surface area contributed by atoms with Crippen LogP contribution in [0.1, 0.15) is 16.7 Å². The standard InChI is InChI=1S/C16H9F6O/c17-15(18,19)11-6-10(7-12(8-11)16(20,21)22)13-3-1-2-9-4-5-23-14(9)13/h1-3,5-8H,4H2. The maximum Gasteiger partial charge on any atom is 0.416 e. The zero-order valence-electron chi connectivity index (χ0n) is 11.4. The Kier molecular flexibility index (Phi) is 3.54. The van der Waals surface area contributed by atoms with Gasteiger partial charge in [0, 0.05) is 12.0 Å². The molecule has 0 aromatic heterocycles. The lowest BCUT2D eigenvalue weighted by Gasteiger charge is -2.15. The van der Waals surface area contributed by atoms with Crippen LogP contribution >= 0.6 is 0 Å². The first kappa shape index (κ1) is 15.7. The molecule has 1 aliphatic heterocycles. The lowest BCUT2D eigenvalue weighted by atomic mass is 9.97. The van der Waals surface area contributed by atoms with Crippen molar-refractivity contribution in [2.75, 3.05) is 0 Å². The average Bonchev–Trinajstić information content (AvgIpc) is 2.93. The fourth-order valence-corrected chi connectivity index (χ4v) is 2.44. The van der Waals surface area contributed by atoms with E-state index in [1.807, 2.05) is 0 Å². The Labute approximate surface area is 127 Å². The van der Waals surface area contributed by atoms with Gasteiger partial charge in [-0.1, -0.05) is 18.2 Å². The highest BCUT2D eigenvalue weighted by atomic mass is 19.4. The molecule has 0 atom stereocenters. The van der Waals surface area contributed by atoms with Crippen LogP contribution in [-0.4, -0.2) is 0 Å². The lowest BCUT2D eigenvalue weighted by Crippen LogP contribution is -2.11. The third-order valence-corrected chi connectivity index (χ3v) is 3.50. The normalized spacial score (nSPS) is 14.5. The van der Waals surface area contributed by atoms with Crippen molar-refractivity contribution in [3.05, 3.63) is 59.7 Å². The molecule has 0 N–H and O–H groups in total. The average molecular weight is 331 g/mol. The summed E-state index contributed by atoms with van der Waals surface area (Å²) >= 11 is 0. The van der Waals surface area contributed by atoms with Crippen molar-refractivity contribution in [1.29, 1.82) is 0 Å². The summed E-state index contributed by atoms with van der Waals surface area (Å²) in [5, 5.41) is 0. The molecule has 0 spiro atoms. The Morgan fingerprint density at radius 1 is 0.826 bits per heavy atom. The Morgan fingerprint density at radius 3 is 2.00 bits per heavy atom. The maximum atomic E-state index is 12.9. The second-order valence-corrected chi connectivity index (χ2v) is 5.08. The smallest absolute Gasteiger partial charge is 0.416 e. The zero-order chi connectivity index (χ0) is 16.8. The van der Waals surface area contributed by atoms with Gasteiger partial charge in [0.25, 0.3) is 0 Å². The largest absolute Gasteiger partial charge is 0.485 e. The van der Waals surface area contributed by atoms with Crippen molar-refractivity contribution < 1.29 is 31.1 Å². The topological polar surface area (TPSA) is 9.23 Å². The summed E-state index contributed by atoms with van der Waals surface area (Å²) in [6.07, 6.45) is -9.30. The molecule has 0 saturated heterocycles. The molecule has 2 aromatic carbocycles. The number of fused-ring (bicyclic) bond motifs is 1. The monoisotopic (exact) mass is 331 g/mol. The van der Waals surface area contributed by atoms with Gasteiger partial charge in [0.1, 0.15) is 12.4 Å². The van der Waals surface area contributed by atoms with E-state index in [0.29, 0.717) is 29.9 Å². The highest BCUT2D eigenvalue weighted by Gasteiger charge is 2.37. The van der Waals surface area contributed by atoms with Crippen molar-refractivity contribution >= 4 is 0 Å². The molecule has 0 saturated carbocycles. The molecular formula is C16H9F6O. The van der Waals surface area contributed by atoms with Crippen molar-refractivity contribution in [1.82, 2.24) is 0 Å². The first-order valence-corrected chi connectivity index (χ1v) is 6.56. The van der Waals surface area contributed by atoms with Crippen molar-refractivity contribution in [3.8, 4) is 16.9 Å². The van der Waals surface area contributed by atoms with E-state index in [2.05, 4.69) is 0 Å². The molecule has 0 aliphatic carbocycles. The van der Waals surface area contributed by atoms with Gasteiger partial charge >= 0.3 is 12.4 Å². The molecule has 1 aliphatic rings. The van der Waals surface area contributed by atoms with Crippen molar-refractivity contribution in [3.63, 3.8) is 0 Å². The zero-order valence-corrected chi connectivity index (χ0v) is 11.4. The first-order chi connectivity index (χ1) is 10.7. The van der Waals surface area contributed by atoms with E-state index in [9.17, 15) is 26.3 Å². The predicted octanol–water partition coefficient (Wildman–Crippen LogP) is 5.49. The van der Waals surface area contributed by atoms with Crippen LogP contribution in [0.4, 0.5) is 26.3 Å². The van der Waals surface area contributed by atoms with Gasteiger partial charge in [-0.15, -0.1) is 0 Å². The number of hydrogen-bond donors (Lipinski definition) is 0. The second kappa shape index (κ2) is 5.18. The quantitative estimate of drug-likeness (QED) is 0.628. The minimum Gasteiger partial charge on any atom is -0.485 e. The van der Waals surface area contributed by atoms with Crippen molar-refractivity contribution in [2.45, 2.75) is 18.8 Å². The van der Waals surface area contributed by atoms with Crippen LogP contribution in [0.25, 0.3) is 11.1 Å². The summed E-state index contributed by atoms with van der Waals surface area (Å²) in [5.74, 6) is 0.292. The van der Waals surface area contributed by atoms with E-state index in [1.54, 1.807) is 12.1 Å². The van der Waals surface area contributed by atoms with E-state index in [0.717, 1.165) is 0 Å². The minimum atomic E-state index is -4.87. The maximum absolute atomic E-state index is 12.9. The lowest BCUT2D eigenvalue weighted by molar-refractivity contribution is -0.143. The van der Waals surface area contributed by atoms with Crippen LogP contribution in [0.5, 0.6) is 5.75 Å². The van der Waals surface area contributed by atoms with Gasteiger partial charge in [-0.25, -0.2) is 0 Å². The molecule has 2 aromatic rings. The molecule has 0 unspecified atom stereocenters. The highest BCUT2D eigenvalue weighted by molar-refractivity contribution is 5.74. The van der Waals surface area contributed by atoms with Gasteiger partial charge < -0.3 is 4.74 Å². The van der Waals surface area contributed by atoms with Crippen LogP contribution < -0.4 is 4.74 Å². The molecule has 0 fully saturated rings. The molecule has 0 bridgehead atoms. The first-order valence-electron chi connectivity index (χ1n) is 6.56. The summed E-state index contributed by atoms with van der Waals surface area (Å²) in [4.78, 5) is 0.